The van der Waals surface area contributed by atoms with Crippen LogP contribution in [-0.4, -0.2) is 4.98 Å². The van der Waals surface area contributed by atoms with Gasteiger partial charge in [0, 0.05) is 16.9 Å². The van der Waals surface area contributed by atoms with E-state index in [1.807, 2.05) is 43.3 Å². The van der Waals surface area contributed by atoms with Crippen molar-refractivity contribution in [2.75, 3.05) is 0 Å². The summed E-state index contributed by atoms with van der Waals surface area (Å²) in [6.45, 7) is 1.98. The van der Waals surface area contributed by atoms with Crippen LogP contribution in [0.4, 0.5) is 0 Å². The van der Waals surface area contributed by atoms with Crippen LogP contribution in [0.2, 0.25) is 5.02 Å². The fourth-order valence-electron chi connectivity index (χ4n) is 2.02. The smallest absolute Gasteiger partial charge is 0.0518 e. The maximum Gasteiger partial charge on any atom is 0.0518 e. The molecule has 0 aliphatic carbocycles. The molecular formula is C14H16ClN3. The number of hydrogen-bond acceptors (Lipinski definition) is 3. The van der Waals surface area contributed by atoms with Gasteiger partial charge < -0.3 is 0 Å². The molecule has 0 spiro atoms. The molecule has 1 aromatic carbocycles. The van der Waals surface area contributed by atoms with E-state index >= 15 is 0 Å². The average molecular weight is 262 g/mol. The first-order valence-corrected chi connectivity index (χ1v) is 6.20. The largest absolute Gasteiger partial charge is 0.271 e. The summed E-state index contributed by atoms with van der Waals surface area (Å²) in [5.41, 5.74) is 6.09. The molecule has 0 aliphatic heterocycles. The first kappa shape index (κ1) is 13.0. The predicted octanol–water partition coefficient (Wildman–Crippen LogP) is 2.79. The quantitative estimate of drug-likeness (QED) is 0.657. The number of nitrogens with one attached hydrogen (secondary N) is 1. The number of aromatic nitrogens is 1. The number of nitrogens with two attached hydrogens (primary N) is 1. The van der Waals surface area contributed by atoms with E-state index in [9.17, 15) is 0 Å². The maximum atomic E-state index is 5.98. The van der Waals surface area contributed by atoms with Crippen molar-refractivity contribution >= 4 is 11.6 Å². The molecule has 2 aromatic rings. The van der Waals surface area contributed by atoms with Crippen molar-refractivity contribution in [2.24, 2.45) is 5.84 Å². The second-order valence-corrected chi connectivity index (χ2v) is 4.67. The van der Waals surface area contributed by atoms with Gasteiger partial charge >= 0.3 is 0 Å². The lowest BCUT2D eigenvalue weighted by Crippen LogP contribution is -2.30. The van der Waals surface area contributed by atoms with Crippen LogP contribution in [0, 0.1) is 6.92 Å². The van der Waals surface area contributed by atoms with Gasteiger partial charge in [0.15, 0.2) is 0 Å². The number of pyridine rings is 1. The van der Waals surface area contributed by atoms with Crippen molar-refractivity contribution < 1.29 is 0 Å². The minimum Gasteiger partial charge on any atom is -0.271 e. The van der Waals surface area contributed by atoms with Crippen LogP contribution in [0.3, 0.4) is 0 Å². The van der Waals surface area contributed by atoms with Crippen LogP contribution in [-0.2, 0) is 6.42 Å². The van der Waals surface area contributed by atoms with E-state index in [1.165, 1.54) is 0 Å². The molecule has 0 radical (unpaired) electrons. The summed E-state index contributed by atoms with van der Waals surface area (Å²) in [5, 5.41) is 0.742. The number of benzene rings is 1. The van der Waals surface area contributed by atoms with Gasteiger partial charge in [0.05, 0.1) is 6.04 Å². The molecule has 3 N–H and O–H groups in total. The first-order valence-electron chi connectivity index (χ1n) is 5.83. The molecule has 1 unspecified atom stereocenters. The third-order valence-electron chi connectivity index (χ3n) is 2.95. The maximum absolute atomic E-state index is 5.98. The normalized spacial score (nSPS) is 12.4. The molecule has 94 valence electrons. The molecule has 0 fully saturated rings. The first-order chi connectivity index (χ1) is 8.70. The van der Waals surface area contributed by atoms with Crippen molar-refractivity contribution in [3.63, 3.8) is 0 Å². The topological polar surface area (TPSA) is 50.9 Å². The van der Waals surface area contributed by atoms with Crippen LogP contribution < -0.4 is 11.3 Å². The molecule has 18 heavy (non-hydrogen) atoms. The number of nitrogens with zero attached hydrogens (tertiary/aromatic N) is 1. The average Bonchev–Trinajstić information content (AvgIpc) is 2.37. The fraction of sp³-hybridized carbons (Fsp3) is 0.214. The number of hydrazine groups is 1. The van der Waals surface area contributed by atoms with Gasteiger partial charge in [-0.05, 0) is 42.7 Å². The third kappa shape index (κ3) is 3.07. The van der Waals surface area contributed by atoms with E-state index < -0.39 is 0 Å². The Morgan fingerprint density at radius 2 is 2.17 bits per heavy atom. The molecule has 2 rings (SSSR count). The standard InChI is InChI=1S/C14H16ClN3/c1-10-13(6-3-7-17-10)14(18-16)9-11-4-2-5-12(15)8-11/h2-8,14,18H,9,16H2,1H3. The molecule has 1 atom stereocenters. The van der Waals surface area contributed by atoms with Gasteiger partial charge in [0.2, 0.25) is 0 Å². The zero-order valence-corrected chi connectivity index (χ0v) is 11.0. The zero-order chi connectivity index (χ0) is 13.0. The molecule has 1 heterocycles. The Morgan fingerprint density at radius 1 is 1.33 bits per heavy atom. The summed E-state index contributed by atoms with van der Waals surface area (Å²) in [5.74, 6) is 5.65. The highest BCUT2D eigenvalue weighted by Gasteiger charge is 2.13. The van der Waals surface area contributed by atoms with E-state index in [4.69, 9.17) is 17.4 Å². The molecule has 0 amide bonds. The lowest BCUT2D eigenvalue weighted by atomic mass is 9.98. The van der Waals surface area contributed by atoms with E-state index in [2.05, 4.69) is 10.4 Å². The highest BCUT2D eigenvalue weighted by atomic mass is 35.5. The molecule has 0 saturated heterocycles. The summed E-state index contributed by atoms with van der Waals surface area (Å²) in [6.07, 6.45) is 2.56. The van der Waals surface area contributed by atoms with Crippen molar-refractivity contribution in [2.45, 2.75) is 19.4 Å². The van der Waals surface area contributed by atoms with E-state index in [0.29, 0.717) is 0 Å². The van der Waals surface area contributed by atoms with E-state index in [-0.39, 0.29) is 6.04 Å². The van der Waals surface area contributed by atoms with Crippen molar-refractivity contribution in [3.8, 4) is 0 Å². The molecule has 0 bridgehead atoms. The molecule has 3 nitrogen and oxygen atoms in total. The van der Waals surface area contributed by atoms with Crippen LogP contribution in [0.5, 0.6) is 0 Å². The van der Waals surface area contributed by atoms with Gasteiger partial charge in [-0.25, -0.2) is 0 Å². The van der Waals surface area contributed by atoms with E-state index in [1.54, 1.807) is 6.20 Å². The van der Waals surface area contributed by atoms with Crippen LogP contribution >= 0.6 is 11.6 Å². The zero-order valence-electron chi connectivity index (χ0n) is 10.2. The lowest BCUT2D eigenvalue weighted by molar-refractivity contribution is 0.547. The fourth-order valence-corrected chi connectivity index (χ4v) is 2.24. The van der Waals surface area contributed by atoms with Crippen LogP contribution in [0.1, 0.15) is 22.9 Å². The van der Waals surface area contributed by atoms with Gasteiger partial charge in [-0.1, -0.05) is 29.8 Å². The van der Waals surface area contributed by atoms with Crippen LogP contribution in [0.25, 0.3) is 0 Å². The lowest BCUT2D eigenvalue weighted by Gasteiger charge is -2.18. The second-order valence-electron chi connectivity index (χ2n) is 4.23. The Labute approximate surface area is 112 Å². The Bertz CT molecular complexity index is 528. The van der Waals surface area contributed by atoms with Crippen LogP contribution in [0.15, 0.2) is 42.6 Å². The Hall–Kier alpha value is -1.42. The Morgan fingerprint density at radius 3 is 2.83 bits per heavy atom. The highest BCUT2D eigenvalue weighted by molar-refractivity contribution is 6.30. The van der Waals surface area contributed by atoms with Gasteiger partial charge in [0.25, 0.3) is 0 Å². The van der Waals surface area contributed by atoms with Gasteiger partial charge in [-0.15, -0.1) is 0 Å². The van der Waals surface area contributed by atoms with Gasteiger partial charge in [0.1, 0.15) is 0 Å². The number of halogens is 1. The highest BCUT2D eigenvalue weighted by Crippen LogP contribution is 2.21. The summed E-state index contributed by atoms with van der Waals surface area (Å²) < 4.78 is 0. The molecular weight excluding hydrogens is 246 g/mol. The van der Waals surface area contributed by atoms with Gasteiger partial charge in [-0.2, -0.15) is 0 Å². The van der Waals surface area contributed by atoms with Crippen molar-refractivity contribution in [3.05, 3.63) is 64.4 Å². The molecule has 0 aliphatic rings. The Balaban J connectivity index is 2.23. The monoisotopic (exact) mass is 261 g/mol. The van der Waals surface area contributed by atoms with Crippen molar-refractivity contribution in [1.82, 2.24) is 10.4 Å². The summed E-state index contributed by atoms with van der Waals surface area (Å²) in [6, 6.07) is 11.8. The minimum atomic E-state index is 0.0390. The van der Waals surface area contributed by atoms with Gasteiger partial charge in [-0.3, -0.25) is 16.3 Å². The van der Waals surface area contributed by atoms with E-state index in [0.717, 1.165) is 28.3 Å². The number of rotatable bonds is 4. The summed E-state index contributed by atoms with van der Waals surface area (Å²) in [7, 11) is 0. The Kier molecular flexibility index (Phi) is 4.31. The minimum absolute atomic E-state index is 0.0390. The number of aryl methyl sites for hydroxylation is 1. The SMILES string of the molecule is Cc1ncccc1C(Cc1cccc(Cl)c1)NN. The summed E-state index contributed by atoms with van der Waals surface area (Å²) >= 11 is 5.98. The van der Waals surface area contributed by atoms with Crippen molar-refractivity contribution in [1.29, 1.82) is 0 Å². The molecule has 4 heteroatoms. The molecule has 1 aromatic heterocycles. The summed E-state index contributed by atoms with van der Waals surface area (Å²) in [4.78, 5) is 4.29. The number of hydrogen-bond donors (Lipinski definition) is 2. The predicted molar refractivity (Wildman–Crippen MR) is 74.2 cm³/mol. The second kappa shape index (κ2) is 5.96. The third-order valence-corrected chi connectivity index (χ3v) is 3.19. The molecule has 0 saturated carbocycles.